The molecule has 5 nitrogen and oxygen atoms in total. The van der Waals surface area contributed by atoms with Crippen LogP contribution in [-0.2, 0) is 0 Å². The van der Waals surface area contributed by atoms with Crippen molar-refractivity contribution in [2.45, 2.75) is 0 Å². The van der Waals surface area contributed by atoms with Gasteiger partial charge in [-0.25, -0.2) is 0 Å². The molecule has 0 atom stereocenters. The molecule has 5 heteroatoms. The van der Waals surface area contributed by atoms with Gasteiger partial charge in [0.25, 0.3) is 6.21 Å². The topological polar surface area (TPSA) is 43.0 Å². The molecular formula is C50H29N5+2. The van der Waals surface area contributed by atoms with Crippen molar-refractivity contribution in [3.8, 4) is 50.4 Å². The predicted octanol–water partition coefficient (Wildman–Crippen LogP) is 8.46. The minimum atomic E-state index is 1.04. The van der Waals surface area contributed by atoms with E-state index in [1.54, 1.807) is 0 Å². The number of nitrogens with zero attached hydrogens (tertiary/aromatic N) is 5. The molecule has 2 bridgehead atoms. The zero-order valence-corrected chi connectivity index (χ0v) is 29.5. The molecule has 10 aromatic rings. The van der Waals surface area contributed by atoms with Gasteiger partial charge in [-0.1, -0.05) is 94.3 Å². The van der Waals surface area contributed by atoms with Crippen LogP contribution in [-0.4, -0.2) is 32.3 Å². The van der Waals surface area contributed by atoms with Crippen molar-refractivity contribution in [2.75, 3.05) is 0 Å². The second-order valence-electron chi connectivity index (χ2n) is 14.7. The smallest absolute Gasteiger partial charge is 0.309 e. The van der Waals surface area contributed by atoms with Crippen molar-refractivity contribution < 1.29 is 0 Å². The summed E-state index contributed by atoms with van der Waals surface area (Å²) in [7, 11) is 0. The second kappa shape index (κ2) is 10.5. The van der Waals surface area contributed by atoms with Gasteiger partial charge in [-0.05, 0) is 94.5 Å². The molecule has 3 aliphatic heterocycles. The Balaban J connectivity index is 1.05. The number of hydrogen-bond acceptors (Lipinski definition) is 0. The van der Waals surface area contributed by atoms with Gasteiger partial charge in [-0.15, -0.1) is 0 Å². The molecule has 0 saturated heterocycles. The number of hydrogen-bond donors (Lipinski definition) is 0. The van der Waals surface area contributed by atoms with Gasteiger partial charge in [0, 0.05) is 33.1 Å². The molecule has 0 fully saturated rings. The normalized spacial score (nSPS) is 12.9. The largest absolute Gasteiger partial charge is 0.360 e. The maximum absolute atomic E-state index is 4.73. The van der Waals surface area contributed by atoms with Gasteiger partial charge in [0.2, 0.25) is 0 Å². The van der Waals surface area contributed by atoms with Crippen molar-refractivity contribution in [2.24, 2.45) is 0 Å². The van der Waals surface area contributed by atoms with Gasteiger partial charge >= 0.3 is 17.8 Å². The maximum atomic E-state index is 4.73. The Morgan fingerprint density at radius 3 is 2.11 bits per heavy atom. The van der Waals surface area contributed by atoms with Gasteiger partial charge in [0.1, 0.15) is 11.0 Å². The maximum Gasteiger partial charge on any atom is 0.360 e. The molecule has 13 rings (SSSR count). The first kappa shape index (κ1) is 28.9. The average Bonchev–Trinajstić information content (AvgIpc) is 4.07. The summed E-state index contributed by atoms with van der Waals surface area (Å²) in [6.07, 6.45) is 8.05. The highest BCUT2D eigenvalue weighted by Crippen LogP contribution is 2.46. The molecular weight excluding hydrogens is 671 g/mol. The Kier molecular flexibility index (Phi) is 5.49. The van der Waals surface area contributed by atoms with E-state index >= 15 is 0 Å². The minimum Gasteiger partial charge on any atom is -0.309 e. The first-order chi connectivity index (χ1) is 27.3. The fourth-order valence-electron chi connectivity index (χ4n) is 9.46. The van der Waals surface area contributed by atoms with Gasteiger partial charge in [0.15, 0.2) is 0 Å². The number of benzene rings is 7. The summed E-state index contributed by atoms with van der Waals surface area (Å²) in [5, 5.41) is 7.00. The lowest BCUT2D eigenvalue weighted by molar-refractivity contribution is 1.07. The van der Waals surface area contributed by atoms with Crippen LogP contribution < -0.4 is 20.0 Å². The predicted molar refractivity (Wildman–Crippen MR) is 228 cm³/mol. The summed E-state index contributed by atoms with van der Waals surface area (Å²) in [5.41, 5.74) is 17.7. The van der Waals surface area contributed by atoms with Crippen LogP contribution in [0, 0.1) is 0 Å². The highest BCUT2D eigenvalue weighted by Gasteiger charge is 2.29. The van der Waals surface area contributed by atoms with Crippen molar-refractivity contribution in [3.05, 3.63) is 174 Å². The van der Waals surface area contributed by atoms with Crippen LogP contribution in [0.1, 0.15) is 11.3 Å². The molecule has 0 unspecified atom stereocenters. The third kappa shape index (κ3) is 3.82. The summed E-state index contributed by atoms with van der Waals surface area (Å²) >= 11 is 0. The zero-order valence-electron chi connectivity index (χ0n) is 29.5. The van der Waals surface area contributed by atoms with Gasteiger partial charge in [0.05, 0.1) is 44.8 Å². The van der Waals surface area contributed by atoms with E-state index in [4.69, 9.17) is 4.67 Å². The first-order valence-electron chi connectivity index (χ1n) is 18.7. The third-order valence-electron chi connectivity index (χ3n) is 11.9. The Hall–Kier alpha value is -7.68. The quantitative estimate of drug-likeness (QED) is 0.166. The second-order valence-corrected chi connectivity index (χ2v) is 14.7. The van der Waals surface area contributed by atoms with Crippen molar-refractivity contribution in [1.82, 2.24) is 23.0 Å². The number of fused-ring (bicyclic) bond motifs is 15. The summed E-state index contributed by atoms with van der Waals surface area (Å²) < 4.78 is 16.6. The van der Waals surface area contributed by atoms with E-state index in [-0.39, 0.29) is 0 Å². The van der Waals surface area contributed by atoms with Crippen molar-refractivity contribution >= 4 is 68.3 Å². The lowest BCUT2D eigenvalue weighted by atomic mass is 9.90. The van der Waals surface area contributed by atoms with Crippen LogP contribution >= 0.6 is 0 Å². The molecule has 252 valence electrons. The molecule has 0 N–H and O–H groups in total. The Morgan fingerprint density at radius 1 is 0.418 bits per heavy atom. The Labute approximate surface area is 314 Å². The lowest BCUT2D eigenvalue weighted by Gasteiger charge is -2.20. The standard InChI is InChI=1S/C50H29N5/c1-2-8-30(9-3-1)31-14-17-33(18-15-31)53-48-27-38-32-16-20-36-40-25-34(54-44-13-7-5-11-37(44)50-46(54)22-23-52-50)19-21-45(40)55(47(36)24-32)43-12-6-4-10-35(43)39(38)26-41(48)42-28-51-29-49(42)53/h1-29H/q+2. The Morgan fingerprint density at radius 2 is 1.18 bits per heavy atom. The number of aromatic nitrogens is 3. The third-order valence-corrected chi connectivity index (χ3v) is 11.9. The molecule has 3 aromatic heterocycles. The number of para-hydroxylation sites is 2. The van der Waals surface area contributed by atoms with E-state index in [9.17, 15) is 0 Å². The molecule has 0 amide bonds. The highest BCUT2D eigenvalue weighted by atomic mass is 15.0. The monoisotopic (exact) mass is 699 g/mol. The molecule has 3 aliphatic rings. The molecule has 6 heterocycles. The molecule has 55 heavy (non-hydrogen) atoms. The fourth-order valence-corrected chi connectivity index (χ4v) is 9.46. The lowest BCUT2D eigenvalue weighted by Crippen LogP contribution is -2.27. The van der Waals surface area contributed by atoms with E-state index in [2.05, 4.69) is 176 Å². The molecule has 0 saturated carbocycles. The van der Waals surface area contributed by atoms with E-state index < -0.39 is 0 Å². The van der Waals surface area contributed by atoms with E-state index in [1.165, 1.54) is 82.7 Å². The Bertz CT molecular complexity index is 3600. The fraction of sp³-hybridized carbons (Fsp3) is 0. The zero-order chi connectivity index (χ0) is 35.8. The van der Waals surface area contributed by atoms with Crippen LogP contribution in [0.3, 0.4) is 0 Å². The average molecular weight is 700 g/mol. The molecule has 0 radical (unpaired) electrons. The van der Waals surface area contributed by atoms with E-state index in [0.717, 1.165) is 33.3 Å². The van der Waals surface area contributed by atoms with Gasteiger partial charge < -0.3 is 13.7 Å². The molecule has 0 aliphatic carbocycles. The highest BCUT2D eigenvalue weighted by molar-refractivity contribution is 6.16. The van der Waals surface area contributed by atoms with Gasteiger partial charge in [-0.3, -0.25) is 0 Å². The SMILES string of the molecule is C1=[N+]=Cc2c1c1cc3c(cc1n2-c1ccc(-c2ccccc2)cc1)-c1ccc2c4cc(-n5c6c(c7ccccc75)=[N+]=CC=6)ccc4n(c2c1)-c1ccccc1-3. The summed E-state index contributed by atoms with van der Waals surface area (Å²) in [6.45, 7) is 0. The van der Waals surface area contributed by atoms with Gasteiger partial charge in [-0.2, -0.15) is 0 Å². The van der Waals surface area contributed by atoms with Crippen LogP contribution in [0.4, 0.5) is 0 Å². The van der Waals surface area contributed by atoms with Crippen LogP contribution in [0.5, 0.6) is 0 Å². The van der Waals surface area contributed by atoms with Crippen LogP contribution in [0.2, 0.25) is 0 Å². The van der Waals surface area contributed by atoms with Crippen LogP contribution in [0.15, 0.2) is 152 Å². The first-order valence-corrected chi connectivity index (χ1v) is 18.7. The molecule has 7 aromatic carbocycles. The number of rotatable bonds is 3. The van der Waals surface area contributed by atoms with Crippen LogP contribution in [0.25, 0.3) is 100 Å². The summed E-state index contributed by atoms with van der Waals surface area (Å²) in [5.74, 6) is 0. The summed E-state index contributed by atoms with van der Waals surface area (Å²) in [4.78, 5) is 0. The molecule has 0 spiro atoms. The minimum absolute atomic E-state index is 1.04. The van der Waals surface area contributed by atoms with Crippen molar-refractivity contribution in [1.29, 1.82) is 0 Å². The van der Waals surface area contributed by atoms with E-state index in [1.807, 2.05) is 18.6 Å². The van der Waals surface area contributed by atoms with E-state index in [0.29, 0.717) is 0 Å². The van der Waals surface area contributed by atoms with Crippen molar-refractivity contribution in [3.63, 3.8) is 0 Å². The summed E-state index contributed by atoms with van der Waals surface area (Å²) in [6, 6.07) is 55.7.